The molecule has 0 aromatic heterocycles. The van der Waals surface area contributed by atoms with E-state index in [2.05, 4.69) is 59.6 Å². The van der Waals surface area contributed by atoms with E-state index in [1.165, 1.54) is 11.1 Å². The van der Waals surface area contributed by atoms with Crippen molar-refractivity contribution in [3.05, 3.63) is 59.7 Å². The van der Waals surface area contributed by atoms with E-state index in [0.717, 1.165) is 36.9 Å². The number of aliphatic imine (C=N–C) groups is 1. The first-order valence-electron chi connectivity index (χ1n) is 9.86. The zero-order valence-electron chi connectivity index (χ0n) is 16.0. The van der Waals surface area contributed by atoms with Crippen molar-refractivity contribution < 1.29 is 9.47 Å². The highest BCUT2D eigenvalue weighted by atomic mass is 32.2. The van der Waals surface area contributed by atoms with Crippen molar-refractivity contribution in [3.8, 4) is 11.5 Å². The Bertz CT molecular complexity index is 875. The Hall–Kier alpha value is -2.02. The summed E-state index contributed by atoms with van der Waals surface area (Å²) >= 11 is 1.81. The van der Waals surface area contributed by atoms with Gasteiger partial charge in [0, 0.05) is 31.4 Å². The van der Waals surface area contributed by atoms with Crippen LogP contribution in [0.4, 0.5) is 0 Å². The molecule has 28 heavy (non-hydrogen) atoms. The number of nitrogens with zero attached hydrogens (tertiary/aromatic N) is 2. The average Bonchev–Trinajstić information content (AvgIpc) is 3.43. The molecule has 3 aliphatic rings. The molecular formula is C22H25N3O2S. The molecule has 1 fully saturated rings. The maximum absolute atomic E-state index is 5.61. The van der Waals surface area contributed by atoms with E-state index >= 15 is 0 Å². The van der Waals surface area contributed by atoms with Gasteiger partial charge in [-0.2, -0.15) is 0 Å². The molecule has 2 aromatic carbocycles. The fraction of sp³-hybridized carbons (Fsp3) is 0.409. The fourth-order valence-corrected chi connectivity index (χ4v) is 5.51. The second-order valence-electron chi connectivity index (χ2n) is 7.59. The van der Waals surface area contributed by atoms with Gasteiger partial charge in [-0.25, -0.2) is 0 Å². The Balaban J connectivity index is 1.50. The summed E-state index contributed by atoms with van der Waals surface area (Å²) in [6.07, 6.45) is 0. The summed E-state index contributed by atoms with van der Waals surface area (Å²) in [4.78, 5) is 7.65. The lowest BCUT2D eigenvalue weighted by Crippen LogP contribution is -2.61. The van der Waals surface area contributed by atoms with E-state index in [-0.39, 0.29) is 5.66 Å². The van der Waals surface area contributed by atoms with Crippen molar-refractivity contribution in [2.75, 3.05) is 32.2 Å². The number of benzene rings is 2. The standard InChI is InChI=1S/C22H25N3O2S/c1-16(17-7-8-20-21(11-17)27-15-26-20)19-12-23-9-10-25(19)22(13-28-14-24-22)18-5-3-2-4-6-18/h2-8,11,14,16,19,23H,9-10,12-13,15H2,1H3. The van der Waals surface area contributed by atoms with Gasteiger partial charge in [-0.1, -0.05) is 43.3 Å². The smallest absolute Gasteiger partial charge is 0.231 e. The first-order chi connectivity index (χ1) is 13.8. The topological polar surface area (TPSA) is 46.1 Å². The van der Waals surface area contributed by atoms with Crippen LogP contribution in [-0.4, -0.2) is 48.7 Å². The van der Waals surface area contributed by atoms with Crippen LogP contribution in [0.25, 0.3) is 0 Å². The van der Waals surface area contributed by atoms with Gasteiger partial charge in [-0.15, -0.1) is 11.8 Å². The predicted octanol–water partition coefficient (Wildman–Crippen LogP) is 3.42. The van der Waals surface area contributed by atoms with Gasteiger partial charge in [0.05, 0.1) is 5.55 Å². The SMILES string of the molecule is CC(c1ccc2c(c1)OCO2)C1CNCCN1C1(c2ccccc2)CSC=N1. The van der Waals surface area contributed by atoms with E-state index in [0.29, 0.717) is 18.8 Å². The van der Waals surface area contributed by atoms with E-state index in [1.807, 2.05) is 11.6 Å². The third kappa shape index (κ3) is 3.00. The molecule has 1 saturated heterocycles. The number of nitrogens with one attached hydrogen (secondary N) is 1. The molecule has 0 aliphatic carbocycles. The second kappa shape index (κ2) is 7.43. The number of rotatable bonds is 4. The third-order valence-corrected chi connectivity index (χ3v) is 6.94. The maximum Gasteiger partial charge on any atom is 0.231 e. The molecule has 0 saturated carbocycles. The van der Waals surface area contributed by atoms with Crippen LogP contribution in [0.1, 0.15) is 24.0 Å². The quantitative estimate of drug-likeness (QED) is 0.860. The van der Waals surface area contributed by atoms with Crippen molar-refractivity contribution in [1.82, 2.24) is 10.2 Å². The first kappa shape index (κ1) is 18.0. The van der Waals surface area contributed by atoms with Gasteiger partial charge in [0.15, 0.2) is 11.5 Å². The fourth-order valence-electron chi connectivity index (χ4n) is 4.55. The molecule has 1 N–H and O–H groups in total. The zero-order chi connectivity index (χ0) is 19.0. The summed E-state index contributed by atoms with van der Waals surface area (Å²) < 4.78 is 11.1. The van der Waals surface area contributed by atoms with E-state index < -0.39 is 0 Å². The van der Waals surface area contributed by atoms with Crippen molar-refractivity contribution >= 4 is 17.3 Å². The molecule has 3 heterocycles. The van der Waals surface area contributed by atoms with Crippen molar-refractivity contribution in [2.45, 2.75) is 24.5 Å². The zero-order valence-corrected chi connectivity index (χ0v) is 16.8. The van der Waals surface area contributed by atoms with E-state index in [1.54, 1.807) is 11.8 Å². The number of ether oxygens (including phenoxy) is 2. The van der Waals surface area contributed by atoms with Gasteiger partial charge in [0.2, 0.25) is 6.79 Å². The molecule has 5 nitrogen and oxygen atoms in total. The maximum atomic E-state index is 5.61. The normalized spacial score (nSPS) is 27.8. The third-order valence-electron chi connectivity index (χ3n) is 6.12. The highest BCUT2D eigenvalue weighted by Crippen LogP contribution is 2.43. The van der Waals surface area contributed by atoms with Crippen molar-refractivity contribution in [2.24, 2.45) is 4.99 Å². The number of fused-ring (bicyclic) bond motifs is 1. The van der Waals surface area contributed by atoms with Crippen LogP contribution in [0.2, 0.25) is 0 Å². The van der Waals surface area contributed by atoms with Gasteiger partial charge in [0.25, 0.3) is 0 Å². The molecule has 6 heteroatoms. The van der Waals surface area contributed by atoms with Crippen LogP contribution in [0.15, 0.2) is 53.5 Å². The van der Waals surface area contributed by atoms with Gasteiger partial charge in [0.1, 0.15) is 5.66 Å². The summed E-state index contributed by atoms with van der Waals surface area (Å²) in [6.45, 7) is 5.54. The van der Waals surface area contributed by atoms with Crippen LogP contribution in [0.3, 0.4) is 0 Å². The second-order valence-corrected chi connectivity index (χ2v) is 8.43. The molecule has 3 atom stereocenters. The predicted molar refractivity (Wildman–Crippen MR) is 113 cm³/mol. The summed E-state index contributed by atoms with van der Waals surface area (Å²) in [5.41, 5.74) is 4.29. The molecule has 3 unspecified atom stereocenters. The lowest BCUT2D eigenvalue weighted by molar-refractivity contribution is 0.0343. The van der Waals surface area contributed by atoms with Crippen molar-refractivity contribution in [1.29, 1.82) is 0 Å². The number of hydrogen-bond acceptors (Lipinski definition) is 6. The summed E-state index contributed by atoms with van der Waals surface area (Å²) in [5.74, 6) is 2.99. The Morgan fingerprint density at radius 1 is 1.18 bits per heavy atom. The van der Waals surface area contributed by atoms with E-state index in [4.69, 9.17) is 14.5 Å². The van der Waals surface area contributed by atoms with Crippen LogP contribution >= 0.6 is 11.8 Å². The molecule has 5 rings (SSSR count). The highest BCUT2D eigenvalue weighted by Gasteiger charge is 2.46. The molecular weight excluding hydrogens is 370 g/mol. The Kier molecular flexibility index (Phi) is 4.78. The number of thioether (sulfide) groups is 1. The molecule has 0 bridgehead atoms. The molecule has 146 valence electrons. The van der Waals surface area contributed by atoms with Crippen molar-refractivity contribution in [3.63, 3.8) is 0 Å². The minimum atomic E-state index is -0.288. The molecule has 3 aliphatic heterocycles. The van der Waals surface area contributed by atoms with Crippen LogP contribution in [0.5, 0.6) is 11.5 Å². The largest absolute Gasteiger partial charge is 0.454 e. The van der Waals surface area contributed by atoms with Gasteiger partial charge in [-0.3, -0.25) is 9.89 Å². The molecule has 0 spiro atoms. The Morgan fingerprint density at radius 2 is 2.04 bits per heavy atom. The number of hydrogen-bond donors (Lipinski definition) is 1. The summed E-state index contributed by atoms with van der Waals surface area (Å²) in [5, 5.41) is 3.60. The minimum Gasteiger partial charge on any atom is -0.454 e. The average molecular weight is 396 g/mol. The first-order valence-corrected chi connectivity index (χ1v) is 10.9. The van der Waals surface area contributed by atoms with Gasteiger partial charge in [-0.05, 0) is 29.2 Å². The highest BCUT2D eigenvalue weighted by molar-refractivity contribution is 8.12. The number of piperazine rings is 1. The molecule has 0 radical (unpaired) electrons. The lowest BCUT2D eigenvalue weighted by atomic mass is 9.87. The van der Waals surface area contributed by atoms with Crippen LogP contribution in [-0.2, 0) is 5.66 Å². The molecule has 0 amide bonds. The minimum absolute atomic E-state index is 0.288. The lowest BCUT2D eigenvalue weighted by Gasteiger charge is -2.48. The summed E-state index contributed by atoms with van der Waals surface area (Å²) in [6, 6.07) is 17.4. The Morgan fingerprint density at radius 3 is 2.86 bits per heavy atom. The van der Waals surface area contributed by atoms with Gasteiger partial charge < -0.3 is 14.8 Å². The molecule has 2 aromatic rings. The Labute approximate surface area is 170 Å². The van der Waals surface area contributed by atoms with Crippen LogP contribution in [0, 0.1) is 0 Å². The van der Waals surface area contributed by atoms with E-state index in [9.17, 15) is 0 Å². The monoisotopic (exact) mass is 395 g/mol. The van der Waals surface area contributed by atoms with Crippen LogP contribution < -0.4 is 14.8 Å². The van der Waals surface area contributed by atoms with Gasteiger partial charge >= 0.3 is 0 Å². The summed E-state index contributed by atoms with van der Waals surface area (Å²) in [7, 11) is 0.